The van der Waals surface area contributed by atoms with E-state index >= 15 is 0 Å². The molecule has 6 nitrogen and oxygen atoms in total. The molecule has 0 bridgehead atoms. The van der Waals surface area contributed by atoms with E-state index in [1.54, 1.807) is 5.32 Å². The molecule has 2 rings (SSSR count). The molecule has 1 aromatic carbocycles. The average molecular weight is 422 g/mol. The first-order valence-corrected chi connectivity index (χ1v) is 7.97. The summed E-state index contributed by atoms with van der Waals surface area (Å²) in [6.07, 6.45) is -4.21. The van der Waals surface area contributed by atoms with Crippen LogP contribution in [0.1, 0.15) is 10.4 Å². The van der Waals surface area contributed by atoms with Crippen molar-refractivity contribution in [1.29, 1.82) is 0 Å². The zero-order chi connectivity index (χ0) is 20.2. The number of benzene rings is 1. The van der Waals surface area contributed by atoms with Gasteiger partial charge >= 0.3 is 17.8 Å². The topological polar surface area (TPSA) is 80.3 Å². The fourth-order valence-electron chi connectivity index (χ4n) is 2.06. The van der Waals surface area contributed by atoms with E-state index in [1.807, 2.05) is 5.32 Å². The Kier molecular flexibility index (Phi) is 6.17. The molecule has 0 aliphatic heterocycles. The van der Waals surface area contributed by atoms with Crippen molar-refractivity contribution in [1.82, 2.24) is 10.3 Å². The Morgan fingerprint density at radius 3 is 2.33 bits per heavy atom. The molecule has 1 atom stereocenters. The van der Waals surface area contributed by atoms with Gasteiger partial charge in [0.05, 0.1) is 12.1 Å². The number of carbonyl (C=O) groups excluding carboxylic acids is 2. The van der Waals surface area contributed by atoms with E-state index in [4.69, 9.17) is 23.2 Å². The van der Waals surface area contributed by atoms with Crippen molar-refractivity contribution in [2.24, 2.45) is 0 Å². The minimum absolute atomic E-state index is 0.130. The number of hydrogen-bond donors (Lipinski definition) is 2. The SMILES string of the molecule is COC(=O)[C@](NC(=O)c1cccc(Cl)c1)(Nc1ccc(Cl)cn1)C(F)(F)F. The molecular weight excluding hydrogens is 410 g/mol. The van der Waals surface area contributed by atoms with Crippen molar-refractivity contribution in [3.05, 3.63) is 58.2 Å². The minimum Gasteiger partial charge on any atom is -0.466 e. The number of nitrogens with zero attached hydrogens (tertiary/aromatic N) is 1. The molecular formula is C16H12Cl2F3N3O3. The molecule has 0 saturated heterocycles. The minimum atomic E-state index is -5.28. The first-order valence-electron chi connectivity index (χ1n) is 7.22. The lowest BCUT2D eigenvalue weighted by molar-refractivity contribution is -0.203. The van der Waals surface area contributed by atoms with Crippen LogP contribution in [-0.2, 0) is 9.53 Å². The van der Waals surface area contributed by atoms with E-state index in [9.17, 15) is 22.8 Å². The third-order valence-corrected chi connectivity index (χ3v) is 3.81. The van der Waals surface area contributed by atoms with Crippen molar-refractivity contribution < 1.29 is 27.5 Å². The second-order valence-corrected chi connectivity index (χ2v) is 6.06. The average Bonchev–Trinajstić information content (AvgIpc) is 2.61. The van der Waals surface area contributed by atoms with Crippen LogP contribution in [0.5, 0.6) is 0 Å². The highest BCUT2D eigenvalue weighted by Crippen LogP contribution is 2.33. The molecule has 0 saturated carbocycles. The molecule has 0 unspecified atom stereocenters. The van der Waals surface area contributed by atoms with Crippen LogP contribution in [0.4, 0.5) is 19.0 Å². The van der Waals surface area contributed by atoms with Crippen molar-refractivity contribution in [2.75, 3.05) is 12.4 Å². The molecule has 0 aliphatic carbocycles. The second-order valence-electron chi connectivity index (χ2n) is 5.19. The molecule has 1 heterocycles. The fourth-order valence-corrected chi connectivity index (χ4v) is 2.36. The van der Waals surface area contributed by atoms with Crippen LogP contribution in [0, 0.1) is 0 Å². The van der Waals surface area contributed by atoms with Gasteiger partial charge in [0.15, 0.2) is 0 Å². The van der Waals surface area contributed by atoms with Crippen molar-refractivity contribution in [3.63, 3.8) is 0 Å². The molecule has 27 heavy (non-hydrogen) atoms. The monoisotopic (exact) mass is 421 g/mol. The molecule has 2 aromatic rings. The molecule has 144 valence electrons. The van der Waals surface area contributed by atoms with Gasteiger partial charge in [-0.3, -0.25) is 4.79 Å². The van der Waals surface area contributed by atoms with Gasteiger partial charge in [0.2, 0.25) is 0 Å². The summed E-state index contributed by atoms with van der Waals surface area (Å²) in [5, 5.41) is 3.83. The van der Waals surface area contributed by atoms with E-state index in [1.165, 1.54) is 24.3 Å². The van der Waals surface area contributed by atoms with Crippen LogP contribution in [0.3, 0.4) is 0 Å². The first-order chi connectivity index (χ1) is 12.6. The third kappa shape index (κ3) is 4.61. The number of methoxy groups -OCH3 is 1. The van der Waals surface area contributed by atoms with Gasteiger partial charge in [-0.2, -0.15) is 13.2 Å². The fraction of sp³-hybridized carbons (Fsp3) is 0.188. The predicted molar refractivity (Wildman–Crippen MR) is 92.6 cm³/mol. The molecule has 0 spiro atoms. The number of anilines is 1. The Hall–Kier alpha value is -2.52. The maximum absolute atomic E-state index is 13.9. The lowest BCUT2D eigenvalue weighted by Crippen LogP contribution is -2.69. The van der Waals surface area contributed by atoms with Gasteiger partial charge in [-0.25, -0.2) is 9.78 Å². The summed E-state index contributed by atoms with van der Waals surface area (Å²) in [5.74, 6) is -3.36. The van der Waals surface area contributed by atoms with Crippen molar-refractivity contribution >= 4 is 40.9 Å². The number of hydrogen-bond acceptors (Lipinski definition) is 5. The Morgan fingerprint density at radius 1 is 1.11 bits per heavy atom. The Morgan fingerprint density at radius 2 is 1.81 bits per heavy atom. The van der Waals surface area contributed by atoms with Gasteiger partial charge in [0, 0.05) is 16.8 Å². The van der Waals surface area contributed by atoms with Crippen molar-refractivity contribution in [3.8, 4) is 0 Å². The van der Waals surface area contributed by atoms with E-state index in [0.717, 1.165) is 25.4 Å². The van der Waals surface area contributed by atoms with Crippen LogP contribution in [-0.4, -0.2) is 35.8 Å². The molecule has 0 fully saturated rings. The largest absolute Gasteiger partial charge is 0.466 e. The molecule has 0 aliphatic rings. The van der Waals surface area contributed by atoms with E-state index in [0.29, 0.717) is 0 Å². The molecule has 0 radical (unpaired) electrons. The molecule has 1 aromatic heterocycles. The van der Waals surface area contributed by atoms with Crippen LogP contribution in [0.15, 0.2) is 42.6 Å². The van der Waals surface area contributed by atoms with Gasteiger partial charge in [-0.05, 0) is 30.3 Å². The number of pyridine rings is 1. The van der Waals surface area contributed by atoms with Gasteiger partial charge in [0.25, 0.3) is 5.91 Å². The van der Waals surface area contributed by atoms with Gasteiger partial charge < -0.3 is 15.4 Å². The maximum atomic E-state index is 13.9. The Balaban J connectivity index is 2.48. The summed E-state index contributed by atoms with van der Waals surface area (Å²) in [6, 6.07) is 7.56. The predicted octanol–water partition coefficient (Wildman–Crippen LogP) is 3.66. The number of esters is 1. The number of halogens is 5. The van der Waals surface area contributed by atoms with Crippen LogP contribution in [0.2, 0.25) is 10.0 Å². The highest BCUT2D eigenvalue weighted by atomic mass is 35.5. The zero-order valence-corrected chi connectivity index (χ0v) is 15.1. The van der Waals surface area contributed by atoms with Gasteiger partial charge in [-0.15, -0.1) is 0 Å². The number of nitrogens with one attached hydrogen (secondary N) is 2. The van der Waals surface area contributed by atoms with Gasteiger partial charge in [-0.1, -0.05) is 29.3 Å². The highest BCUT2D eigenvalue weighted by molar-refractivity contribution is 6.31. The third-order valence-electron chi connectivity index (χ3n) is 3.35. The summed E-state index contributed by atoms with van der Waals surface area (Å²) in [7, 11) is 0.755. The Labute approximate surface area is 161 Å². The lowest BCUT2D eigenvalue weighted by atomic mass is 10.1. The lowest BCUT2D eigenvalue weighted by Gasteiger charge is -2.34. The number of rotatable bonds is 5. The molecule has 11 heteroatoms. The number of aromatic nitrogens is 1. The quantitative estimate of drug-likeness (QED) is 0.568. The molecule has 1 amide bonds. The zero-order valence-electron chi connectivity index (χ0n) is 13.6. The summed E-state index contributed by atoms with van der Waals surface area (Å²) in [4.78, 5) is 28.1. The van der Waals surface area contributed by atoms with Crippen molar-refractivity contribution in [2.45, 2.75) is 11.8 Å². The van der Waals surface area contributed by atoms with Crippen LogP contribution >= 0.6 is 23.2 Å². The van der Waals surface area contributed by atoms with E-state index in [2.05, 4.69) is 9.72 Å². The maximum Gasteiger partial charge on any atom is 0.441 e. The van der Waals surface area contributed by atoms with E-state index < -0.39 is 23.7 Å². The number of alkyl halides is 3. The smallest absolute Gasteiger partial charge is 0.441 e. The normalized spacial score (nSPS) is 13.4. The summed E-state index contributed by atoms with van der Waals surface area (Å²) in [5.41, 5.74) is -3.78. The summed E-state index contributed by atoms with van der Waals surface area (Å²) >= 11 is 11.4. The second kappa shape index (κ2) is 8.01. The van der Waals surface area contributed by atoms with E-state index in [-0.39, 0.29) is 21.4 Å². The van der Waals surface area contributed by atoms with Gasteiger partial charge in [0.1, 0.15) is 5.82 Å². The summed E-state index contributed by atoms with van der Waals surface area (Å²) < 4.78 is 45.9. The Bertz CT molecular complexity index is 847. The standard InChI is InChI=1S/C16H12Cl2F3N3O3/c1-27-14(26)15(16(19,20)21,23-12-6-5-11(18)8-22-12)24-13(25)9-3-2-4-10(17)7-9/h2-8H,1H3,(H,22,23)(H,24,25)/t15-/m1/s1. The number of carbonyl (C=O) groups is 2. The number of ether oxygens (including phenoxy) is 1. The van der Waals surface area contributed by atoms with Crippen LogP contribution in [0.25, 0.3) is 0 Å². The first kappa shape index (κ1) is 20.8. The van der Waals surface area contributed by atoms with Crippen LogP contribution < -0.4 is 10.6 Å². The highest BCUT2D eigenvalue weighted by Gasteiger charge is 2.63. The molecule has 2 N–H and O–H groups in total. The summed E-state index contributed by atoms with van der Waals surface area (Å²) in [6.45, 7) is 0. The number of amides is 1.